The van der Waals surface area contributed by atoms with E-state index in [1.807, 2.05) is 5.32 Å². The smallest absolute Gasteiger partial charge is 0.326 e. The molecule has 0 aromatic heterocycles. The third kappa shape index (κ3) is 5.33. The first kappa shape index (κ1) is 26.6. The fourth-order valence-electron chi connectivity index (χ4n) is 2.99. The second kappa shape index (κ2) is 8.91. The number of hydrogen-bond acceptors (Lipinski definition) is 3. The molecule has 2 aromatic rings. The van der Waals surface area contributed by atoms with Crippen LogP contribution in [0.2, 0.25) is 0 Å². The van der Waals surface area contributed by atoms with Gasteiger partial charge in [0.1, 0.15) is 0 Å². The summed E-state index contributed by atoms with van der Waals surface area (Å²) in [7, 11) is 0. The third-order valence-electron chi connectivity index (χ3n) is 4.76. The monoisotopic (exact) mass is 534 g/mol. The third-order valence-corrected chi connectivity index (χ3v) is 6.03. The molecule has 3 rings (SSSR count). The number of carbonyl (C=O) groups is 2. The molecule has 0 saturated carbocycles. The first-order valence-corrected chi connectivity index (χ1v) is 10.2. The summed E-state index contributed by atoms with van der Waals surface area (Å²) in [6, 6.07) is 4.79. The maximum absolute atomic E-state index is 13.9. The van der Waals surface area contributed by atoms with Crippen molar-refractivity contribution in [1.82, 2.24) is 0 Å². The molecule has 2 aromatic carbocycles. The van der Waals surface area contributed by atoms with E-state index in [4.69, 9.17) is 0 Å². The van der Waals surface area contributed by atoms with E-state index in [9.17, 15) is 53.5 Å². The molecule has 0 unspecified atom stereocenters. The lowest BCUT2D eigenvalue weighted by molar-refractivity contribution is -0.359. The number of amides is 2. The van der Waals surface area contributed by atoms with Gasteiger partial charge in [0.15, 0.2) is 0 Å². The summed E-state index contributed by atoms with van der Waals surface area (Å²) in [5.41, 5.74) is -3.40. The van der Waals surface area contributed by atoms with E-state index in [1.165, 1.54) is 0 Å². The average Bonchev–Trinajstić information content (AvgIpc) is 2.72. The largest absolute Gasteiger partial charge is 0.460 e. The quantitative estimate of drug-likeness (QED) is 0.435. The predicted octanol–water partition coefficient (Wildman–Crippen LogP) is 6.44. The van der Waals surface area contributed by atoms with Gasteiger partial charge in [-0.2, -0.15) is 43.9 Å². The minimum Gasteiger partial charge on any atom is -0.326 e. The summed E-state index contributed by atoms with van der Waals surface area (Å²) >= 11 is 0.752. The molecular weight excluding hydrogens is 522 g/mol. The van der Waals surface area contributed by atoms with Gasteiger partial charge in [-0.25, -0.2) is 0 Å². The Labute approximate surface area is 194 Å². The zero-order valence-corrected chi connectivity index (χ0v) is 17.6. The Bertz CT molecular complexity index is 1150. The summed E-state index contributed by atoms with van der Waals surface area (Å²) in [6.07, 6.45) is -11.8. The summed E-state index contributed by atoms with van der Waals surface area (Å²) in [6.45, 7) is 0. The van der Waals surface area contributed by atoms with Crippen molar-refractivity contribution in [1.29, 1.82) is 0 Å². The number of benzene rings is 2. The molecule has 1 aliphatic heterocycles. The lowest BCUT2D eigenvalue weighted by atomic mass is 10.0. The van der Waals surface area contributed by atoms with Gasteiger partial charge in [-0.3, -0.25) is 9.59 Å². The average molecular weight is 534 g/mol. The number of anilines is 2. The van der Waals surface area contributed by atoms with Crippen LogP contribution in [0.15, 0.2) is 47.4 Å². The van der Waals surface area contributed by atoms with Crippen molar-refractivity contribution < 1.29 is 53.5 Å². The second-order valence-corrected chi connectivity index (χ2v) is 8.53. The number of thioether (sulfide) groups is 1. The SMILES string of the molecule is O=C(C[C@@H]1Sc2ccc(C(F)(F)F)cc2NC1=O)Nc1cccc(C(F)(F)C(F)(F)C(F)(F)F)c1. The fraction of sp³-hybridized carbons (Fsp3) is 0.300. The van der Waals surface area contributed by atoms with Crippen molar-refractivity contribution in [2.45, 2.75) is 40.8 Å². The zero-order chi connectivity index (χ0) is 26.4. The van der Waals surface area contributed by atoms with Crippen LogP contribution in [0, 0.1) is 0 Å². The molecule has 0 bridgehead atoms. The van der Waals surface area contributed by atoms with Crippen LogP contribution in [0.4, 0.5) is 55.3 Å². The number of nitrogens with one attached hydrogen (secondary N) is 2. The van der Waals surface area contributed by atoms with Gasteiger partial charge >= 0.3 is 24.2 Å². The summed E-state index contributed by atoms with van der Waals surface area (Å²) in [5, 5.41) is 3.09. The number of rotatable bonds is 5. The number of fused-ring (bicyclic) bond motifs is 1. The van der Waals surface area contributed by atoms with Gasteiger partial charge in [0.05, 0.1) is 16.5 Å². The van der Waals surface area contributed by atoms with Gasteiger partial charge in [-0.15, -0.1) is 11.8 Å². The molecule has 0 saturated heterocycles. The highest BCUT2D eigenvalue weighted by Crippen LogP contribution is 2.52. The van der Waals surface area contributed by atoms with Crippen molar-refractivity contribution in [2.75, 3.05) is 10.6 Å². The molecule has 2 amide bonds. The molecule has 15 heteroatoms. The van der Waals surface area contributed by atoms with Crippen LogP contribution in [0.1, 0.15) is 17.5 Å². The van der Waals surface area contributed by atoms with Gasteiger partial charge in [0.2, 0.25) is 11.8 Å². The van der Waals surface area contributed by atoms with E-state index in [-0.39, 0.29) is 16.6 Å². The maximum atomic E-state index is 13.9. The standard InChI is InChI=1S/C20H12F10N2O2S/c21-17(22,19(26,27)20(28,29)30)9-2-1-3-11(6-9)31-15(33)8-14-16(34)32-12-7-10(18(23,24)25)4-5-13(12)35-14/h1-7,14H,8H2,(H,31,33)(H,32,34)/t14-/m0/s1. The number of alkyl halides is 10. The van der Waals surface area contributed by atoms with Crippen molar-refractivity contribution >= 4 is 35.0 Å². The highest BCUT2D eigenvalue weighted by molar-refractivity contribution is 8.01. The van der Waals surface area contributed by atoms with Gasteiger partial charge in [0.25, 0.3) is 0 Å². The highest BCUT2D eigenvalue weighted by atomic mass is 32.2. The van der Waals surface area contributed by atoms with E-state index in [0.29, 0.717) is 12.1 Å². The van der Waals surface area contributed by atoms with E-state index in [1.54, 1.807) is 0 Å². The topological polar surface area (TPSA) is 58.2 Å². The molecule has 1 atom stereocenters. The van der Waals surface area contributed by atoms with Crippen LogP contribution in [-0.4, -0.2) is 29.2 Å². The highest BCUT2D eigenvalue weighted by Gasteiger charge is 2.73. The Hall–Kier alpha value is -2.97. The Balaban J connectivity index is 1.72. The van der Waals surface area contributed by atoms with E-state index >= 15 is 0 Å². The van der Waals surface area contributed by atoms with Crippen LogP contribution in [0.5, 0.6) is 0 Å². The Morgan fingerprint density at radius 3 is 2.17 bits per heavy atom. The van der Waals surface area contributed by atoms with E-state index in [0.717, 1.165) is 36.0 Å². The molecule has 0 spiro atoms. The molecule has 0 radical (unpaired) electrons. The summed E-state index contributed by atoms with van der Waals surface area (Å²) in [5.74, 6) is -13.9. The van der Waals surface area contributed by atoms with E-state index < -0.39 is 64.5 Å². The van der Waals surface area contributed by atoms with Crippen molar-refractivity contribution in [2.24, 2.45) is 0 Å². The molecule has 2 N–H and O–H groups in total. The minimum absolute atomic E-state index is 0.132. The molecule has 0 fully saturated rings. The molecular formula is C20H12F10N2O2S. The lowest BCUT2D eigenvalue weighted by Gasteiger charge is -2.28. The molecule has 1 heterocycles. The van der Waals surface area contributed by atoms with Gasteiger partial charge in [-0.05, 0) is 30.3 Å². The summed E-state index contributed by atoms with van der Waals surface area (Å²) < 4.78 is 130. The first-order chi connectivity index (χ1) is 15.9. The normalized spacial score (nSPS) is 17.0. The zero-order valence-electron chi connectivity index (χ0n) is 16.8. The Morgan fingerprint density at radius 1 is 0.914 bits per heavy atom. The first-order valence-electron chi connectivity index (χ1n) is 9.35. The van der Waals surface area contributed by atoms with Crippen molar-refractivity contribution in [3.8, 4) is 0 Å². The molecule has 35 heavy (non-hydrogen) atoms. The van der Waals surface area contributed by atoms with Gasteiger partial charge in [0, 0.05) is 22.6 Å². The summed E-state index contributed by atoms with van der Waals surface area (Å²) in [4.78, 5) is 24.7. The number of halogens is 10. The van der Waals surface area contributed by atoms with Crippen LogP contribution in [-0.2, 0) is 21.7 Å². The molecule has 4 nitrogen and oxygen atoms in total. The number of hydrogen-bond donors (Lipinski definition) is 2. The van der Waals surface area contributed by atoms with Crippen LogP contribution in [0.3, 0.4) is 0 Å². The predicted molar refractivity (Wildman–Crippen MR) is 104 cm³/mol. The van der Waals surface area contributed by atoms with E-state index in [2.05, 4.69) is 5.32 Å². The van der Waals surface area contributed by atoms with Crippen molar-refractivity contribution in [3.63, 3.8) is 0 Å². The fourth-order valence-corrected chi connectivity index (χ4v) is 4.08. The molecule has 1 aliphatic rings. The Morgan fingerprint density at radius 2 is 1.57 bits per heavy atom. The van der Waals surface area contributed by atoms with Gasteiger partial charge in [-0.1, -0.05) is 12.1 Å². The van der Waals surface area contributed by atoms with Gasteiger partial charge < -0.3 is 10.6 Å². The van der Waals surface area contributed by atoms with Crippen molar-refractivity contribution in [3.05, 3.63) is 53.6 Å². The second-order valence-electron chi connectivity index (χ2n) is 7.28. The van der Waals surface area contributed by atoms with Crippen LogP contribution in [0.25, 0.3) is 0 Å². The van der Waals surface area contributed by atoms with Crippen LogP contribution < -0.4 is 10.6 Å². The van der Waals surface area contributed by atoms with Crippen LogP contribution >= 0.6 is 11.8 Å². The lowest BCUT2D eigenvalue weighted by Crippen LogP contribution is -2.50. The maximum Gasteiger partial charge on any atom is 0.460 e. The molecule has 0 aliphatic carbocycles. The number of carbonyl (C=O) groups excluding carboxylic acids is 2. The molecule has 190 valence electrons. The Kier molecular flexibility index (Phi) is 6.78. The minimum atomic E-state index is -6.54.